The van der Waals surface area contributed by atoms with Crippen LogP contribution in [0.2, 0.25) is 0 Å². The van der Waals surface area contributed by atoms with E-state index in [-0.39, 0.29) is 10.6 Å². The topological polar surface area (TPSA) is 63.4 Å². The molecule has 32 heavy (non-hydrogen) atoms. The number of nitrogens with zero attached hydrogens (tertiary/aromatic N) is 1. The summed E-state index contributed by atoms with van der Waals surface area (Å²) >= 11 is 0. The molecule has 4 rings (SSSR count). The molecule has 4 nitrogen and oxygen atoms in total. The van der Waals surface area contributed by atoms with Gasteiger partial charge in [-0.05, 0) is 76.4 Å². The van der Waals surface area contributed by atoms with Gasteiger partial charge < -0.3 is 5.11 Å². The normalized spacial score (nSPS) is 11.8. The van der Waals surface area contributed by atoms with Crippen LogP contribution in [-0.4, -0.2) is 10.0 Å². The van der Waals surface area contributed by atoms with Gasteiger partial charge in [-0.2, -0.15) is 0 Å². The van der Waals surface area contributed by atoms with Gasteiger partial charge in [0.1, 0.15) is 5.75 Å². The van der Waals surface area contributed by atoms with Gasteiger partial charge in [0, 0.05) is 12.1 Å². The highest BCUT2D eigenvalue weighted by Crippen LogP contribution is 2.29. The average molecular weight is 424 g/mol. The molecule has 160 valence electrons. The second-order valence-electron chi connectivity index (χ2n) is 8.15. The van der Waals surface area contributed by atoms with E-state index in [0.717, 1.165) is 29.5 Å². The molecule has 0 aliphatic rings. The number of aromatic hydroxyl groups is 1. The third-order valence-corrected chi connectivity index (χ3v) is 5.84. The minimum absolute atomic E-state index is 0.0965. The summed E-state index contributed by atoms with van der Waals surface area (Å²) in [5, 5.41) is 20.9. The third kappa shape index (κ3) is 5.03. The Hall–Kier alpha value is -3.92. The fourth-order valence-electron chi connectivity index (χ4n) is 4.02. The molecule has 0 fully saturated rings. The standard InChI is InChI=1S/C28H25NO3/c1-20(17-25-13-16-28(30)19-26(25)18-21-5-3-2-4-6-21)22-7-9-23(10-8-22)24-11-14-27(15-12-24)29(31)32/h2-16,19-20,30H,17-18H2,1H3. The molecule has 0 aliphatic heterocycles. The van der Waals surface area contributed by atoms with E-state index in [2.05, 4.69) is 43.3 Å². The van der Waals surface area contributed by atoms with Gasteiger partial charge in [0.05, 0.1) is 4.92 Å². The Morgan fingerprint density at radius 1 is 0.812 bits per heavy atom. The number of benzene rings is 4. The average Bonchev–Trinajstić information content (AvgIpc) is 2.81. The molecule has 0 spiro atoms. The van der Waals surface area contributed by atoms with Crippen molar-refractivity contribution in [3.05, 3.63) is 129 Å². The Morgan fingerprint density at radius 2 is 1.44 bits per heavy atom. The van der Waals surface area contributed by atoms with Crippen molar-refractivity contribution in [3.8, 4) is 16.9 Å². The SMILES string of the molecule is CC(Cc1ccc(O)cc1Cc1ccccc1)c1ccc(-c2ccc([N+](=O)[O-])cc2)cc1. The maximum absolute atomic E-state index is 10.9. The molecule has 0 saturated carbocycles. The monoisotopic (exact) mass is 423 g/mol. The van der Waals surface area contributed by atoms with Gasteiger partial charge in [-0.3, -0.25) is 10.1 Å². The number of hydrogen-bond acceptors (Lipinski definition) is 3. The van der Waals surface area contributed by atoms with Crippen molar-refractivity contribution in [1.82, 2.24) is 0 Å². The molecule has 4 heteroatoms. The summed E-state index contributed by atoms with van der Waals surface area (Å²) in [4.78, 5) is 10.5. The van der Waals surface area contributed by atoms with Crippen molar-refractivity contribution < 1.29 is 10.0 Å². The van der Waals surface area contributed by atoms with Crippen LogP contribution in [0.15, 0.2) is 97.1 Å². The Balaban J connectivity index is 1.50. The molecule has 1 atom stereocenters. The van der Waals surface area contributed by atoms with Crippen LogP contribution < -0.4 is 0 Å². The van der Waals surface area contributed by atoms with Crippen molar-refractivity contribution >= 4 is 5.69 Å². The lowest BCUT2D eigenvalue weighted by Crippen LogP contribution is -2.03. The summed E-state index contributed by atoms with van der Waals surface area (Å²) in [5.41, 5.74) is 6.92. The Kier molecular flexibility index (Phi) is 6.31. The molecule has 0 saturated heterocycles. The summed E-state index contributed by atoms with van der Waals surface area (Å²) in [7, 11) is 0. The smallest absolute Gasteiger partial charge is 0.269 e. The van der Waals surface area contributed by atoms with Gasteiger partial charge in [0.25, 0.3) is 5.69 Å². The summed E-state index contributed by atoms with van der Waals surface area (Å²) in [6, 6.07) is 30.9. The van der Waals surface area contributed by atoms with E-state index in [1.54, 1.807) is 18.2 Å². The maximum atomic E-state index is 10.9. The summed E-state index contributed by atoms with van der Waals surface area (Å²) in [5.74, 6) is 0.597. The van der Waals surface area contributed by atoms with Crippen molar-refractivity contribution in [3.63, 3.8) is 0 Å². The van der Waals surface area contributed by atoms with E-state index in [1.807, 2.05) is 30.3 Å². The first-order chi connectivity index (χ1) is 15.5. The lowest BCUT2D eigenvalue weighted by atomic mass is 9.89. The molecule has 4 aromatic carbocycles. The molecule has 0 bridgehead atoms. The van der Waals surface area contributed by atoms with Crippen molar-refractivity contribution in [2.24, 2.45) is 0 Å². The number of hydrogen-bond donors (Lipinski definition) is 1. The van der Waals surface area contributed by atoms with Crippen LogP contribution in [-0.2, 0) is 12.8 Å². The van der Waals surface area contributed by atoms with E-state index in [4.69, 9.17) is 0 Å². The van der Waals surface area contributed by atoms with E-state index in [9.17, 15) is 15.2 Å². The molecule has 0 amide bonds. The minimum atomic E-state index is -0.385. The van der Waals surface area contributed by atoms with E-state index in [0.29, 0.717) is 11.7 Å². The van der Waals surface area contributed by atoms with Crippen LogP contribution >= 0.6 is 0 Å². The van der Waals surface area contributed by atoms with Gasteiger partial charge in [-0.25, -0.2) is 0 Å². The molecule has 0 heterocycles. The predicted octanol–water partition coefficient (Wildman–Crippen LogP) is 6.90. The first-order valence-electron chi connectivity index (χ1n) is 10.7. The van der Waals surface area contributed by atoms with Crippen LogP contribution in [0.3, 0.4) is 0 Å². The zero-order valence-electron chi connectivity index (χ0n) is 17.9. The minimum Gasteiger partial charge on any atom is -0.508 e. The zero-order valence-corrected chi connectivity index (χ0v) is 17.9. The number of rotatable bonds is 7. The summed E-state index contributed by atoms with van der Waals surface area (Å²) in [6.07, 6.45) is 1.66. The largest absolute Gasteiger partial charge is 0.508 e. The summed E-state index contributed by atoms with van der Waals surface area (Å²) in [6.45, 7) is 2.21. The van der Waals surface area contributed by atoms with Crippen LogP contribution in [0.4, 0.5) is 5.69 Å². The van der Waals surface area contributed by atoms with Crippen molar-refractivity contribution in [2.45, 2.75) is 25.7 Å². The Labute approximate surface area is 188 Å². The molecule has 0 aromatic heterocycles. The van der Waals surface area contributed by atoms with Gasteiger partial charge in [0.15, 0.2) is 0 Å². The Morgan fingerprint density at radius 3 is 2.06 bits per heavy atom. The van der Waals surface area contributed by atoms with Gasteiger partial charge in [0.2, 0.25) is 0 Å². The molecular weight excluding hydrogens is 398 g/mol. The first-order valence-corrected chi connectivity index (χ1v) is 10.7. The predicted molar refractivity (Wildman–Crippen MR) is 128 cm³/mol. The quantitative estimate of drug-likeness (QED) is 0.260. The molecule has 4 aromatic rings. The van der Waals surface area contributed by atoms with E-state index in [1.165, 1.54) is 28.8 Å². The number of nitro benzene ring substituents is 1. The number of non-ortho nitro benzene ring substituents is 1. The highest BCUT2D eigenvalue weighted by molar-refractivity contribution is 5.65. The molecule has 0 radical (unpaired) electrons. The lowest BCUT2D eigenvalue weighted by Gasteiger charge is -2.16. The number of phenolic OH excluding ortho intramolecular Hbond substituents is 1. The molecule has 0 aliphatic carbocycles. The second-order valence-corrected chi connectivity index (χ2v) is 8.15. The summed E-state index contributed by atoms with van der Waals surface area (Å²) < 4.78 is 0. The zero-order chi connectivity index (χ0) is 22.5. The van der Waals surface area contributed by atoms with Gasteiger partial charge >= 0.3 is 0 Å². The van der Waals surface area contributed by atoms with Gasteiger partial charge in [-0.15, -0.1) is 0 Å². The molecule has 1 unspecified atom stereocenters. The van der Waals surface area contributed by atoms with Crippen molar-refractivity contribution in [2.75, 3.05) is 0 Å². The highest BCUT2D eigenvalue weighted by Gasteiger charge is 2.12. The first kappa shape index (κ1) is 21.3. The van der Waals surface area contributed by atoms with Gasteiger partial charge in [-0.1, -0.05) is 67.6 Å². The van der Waals surface area contributed by atoms with E-state index >= 15 is 0 Å². The third-order valence-electron chi connectivity index (χ3n) is 5.84. The van der Waals surface area contributed by atoms with Crippen LogP contribution in [0, 0.1) is 10.1 Å². The van der Waals surface area contributed by atoms with Crippen LogP contribution in [0.5, 0.6) is 5.75 Å². The number of phenols is 1. The fourth-order valence-corrected chi connectivity index (χ4v) is 4.02. The fraction of sp³-hybridized carbons (Fsp3) is 0.143. The highest BCUT2D eigenvalue weighted by atomic mass is 16.6. The second kappa shape index (κ2) is 9.48. The number of nitro groups is 1. The molecular formula is C28H25NO3. The maximum Gasteiger partial charge on any atom is 0.269 e. The van der Waals surface area contributed by atoms with Crippen LogP contribution in [0.25, 0.3) is 11.1 Å². The lowest BCUT2D eigenvalue weighted by molar-refractivity contribution is -0.384. The van der Waals surface area contributed by atoms with Crippen LogP contribution in [0.1, 0.15) is 35.1 Å². The van der Waals surface area contributed by atoms with Crippen molar-refractivity contribution in [1.29, 1.82) is 0 Å². The Bertz CT molecular complexity index is 1200. The molecule has 1 N–H and O–H groups in total. The van der Waals surface area contributed by atoms with E-state index < -0.39 is 0 Å².